The van der Waals surface area contributed by atoms with Gasteiger partial charge in [0.05, 0.1) is 22.4 Å². The fourth-order valence-corrected chi connectivity index (χ4v) is 5.15. The molecule has 32 heavy (non-hydrogen) atoms. The van der Waals surface area contributed by atoms with E-state index in [0.717, 1.165) is 51.3 Å². The van der Waals surface area contributed by atoms with E-state index in [4.69, 9.17) is 16.6 Å². The van der Waals surface area contributed by atoms with E-state index < -0.39 is 0 Å². The molecule has 0 N–H and O–H groups in total. The number of carbonyl (C=O) groups excluding carboxylic acids is 1. The highest BCUT2D eigenvalue weighted by atomic mass is 35.5. The number of fused-ring (bicyclic) bond motifs is 1. The van der Waals surface area contributed by atoms with Crippen LogP contribution in [0.2, 0.25) is 5.02 Å². The number of hydrogen-bond donors (Lipinski definition) is 0. The van der Waals surface area contributed by atoms with E-state index in [2.05, 4.69) is 26.2 Å². The molecular weight excluding hydrogens is 444 g/mol. The molecule has 4 aromatic rings. The summed E-state index contributed by atoms with van der Waals surface area (Å²) in [5.41, 5.74) is 5.01. The molecule has 4 heterocycles. The van der Waals surface area contributed by atoms with Crippen LogP contribution in [0.3, 0.4) is 0 Å². The number of hydrogen-bond acceptors (Lipinski definition) is 7. The van der Waals surface area contributed by atoms with E-state index in [0.29, 0.717) is 17.3 Å². The van der Waals surface area contributed by atoms with Gasteiger partial charge in [0.25, 0.3) is 0 Å². The zero-order valence-corrected chi connectivity index (χ0v) is 19.2. The molecule has 0 fully saturated rings. The van der Waals surface area contributed by atoms with Gasteiger partial charge < -0.3 is 0 Å². The average molecular weight is 465 g/mol. The number of ketones is 1. The Morgan fingerprint density at radius 2 is 2.00 bits per heavy atom. The summed E-state index contributed by atoms with van der Waals surface area (Å²) in [5, 5.41) is 9.49. The van der Waals surface area contributed by atoms with Gasteiger partial charge in [-0.05, 0) is 55.4 Å². The highest BCUT2D eigenvalue weighted by Gasteiger charge is 2.20. The van der Waals surface area contributed by atoms with E-state index in [-0.39, 0.29) is 12.2 Å². The molecule has 0 spiro atoms. The van der Waals surface area contributed by atoms with Gasteiger partial charge in [0.15, 0.2) is 5.82 Å². The van der Waals surface area contributed by atoms with Crippen molar-refractivity contribution in [2.75, 3.05) is 0 Å². The number of Topliss-reactive ketones (excluding diaryl/α,β-unsaturated/α-hetero) is 1. The van der Waals surface area contributed by atoms with Crippen molar-refractivity contribution in [3.05, 3.63) is 63.7 Å². The van der Waals surface area contributed by atoms with Crippen LogP contribution in [0.15, 0.2) is 36.9 Å². The number of aryl methyl sites for hydroxylation is 1. The number of thiazole rings is 1. The van der Waals surface area contributed by atoms with Crippen molar-refractivity contribution in [1.29, 1.82) is 0 Å². The Kier molecular flexibility index (Phi) is 5.80. The zero-order chi connectivity index (χ0) is 22.1. The molecule has 0 bridgehead atoms. The van der Waals surface area contributed by atoms with Crippen LogP contribution in [-0.2, 0) is 17.6 Å². The molecular formula is C23H21ClN6OS. The fourth-order valence-electron chi connectivity index (χ4n) is 4.12. The number of aromatic nitrogens is 6. The summed E-state index contributed by atoms with van der Waals surface area (Å²) >= 11 is 7.95. The summed E-state index contributed by atoms with van der Waals surface area (Å²) in [5.74, 6) is 0.520. The molecule has 0 aromatic carbocycles. The monoisotopic (exact) mass is 464 g/mol. The second kappa shape index (κ2) is 8.88. The van der Waals surface area contributed by atoms with Crippen LogP contribution in [0.1, 0.15) is 47.4 Å². The first kappa shape index (κ1) is 20.9. The molecule has 0 amide bonds. The van der Waals surface area contributed by atoms with Gasteiger partial charge in [0, 0.05) is 30.8 Å². The highest BCUT2D eigenvalue weighted by Crippen LogP contribution is 2.35. The molecule has 4 aromatic heterocycles. The average Bonchev–Trinajstić information content (AvgIpc) is 3.43. The first-order chi connectivity index (χ1) is 15.6. The van der Waals surface area contributed by atoms with Crippen molar-refractivity contribution < 1.29 is 4.79 Å². The Morgan fingerprint density at radius 1 is 1.16 bits per heavy atom. The minimum absolute atomic E-state index is 0.0820. The zero-order valence-electron chi connectivity index (χ0n) is 17.6. The van der Waals surface area contributed by atoms with Crippen molar-refractivity contribution in [3.8, 4) is 5.82 Å². The third kappa shape index (κ3) is 4.20. The maximum atomic E-state index is 13.0. The Balaban J connectivity index is 1.41. The largest absolute Gasteiger partial charge is 0.299 e. The summed E-state index contributed by atoms with van der Waals surface area (Å²) in [4.78, 5) is 29.0. The summed E-state index contributed by atoms with van der Waals surface area (Å²) in [7, 11) is 0. The SMILES string of the molecule is Cc1nc2c(C3=CCCCC3)c(CC(=O)Cc3cnc(-n4nccn4)c(Cl)c3)cnc2s1. The summed E-state index contributed by atoms with van der Waals surface area (Å²) in [6.07, 6.45) is 13.9. The number of halogens is 1. The van der Waals surface area contributed by atoms with Gasteiger partial charge in [-0.3, -0.25) is 4.79 Å². The van der Waals surface area contributed by atoms with Crippen LogP contribution in [0.5, 0.6) is 0 Å². The maximum Gasteiger partial charge on any atom is 0.193 e. The molecule has 1 aliphatic carbocycles. The molecule has 7 nitrogen and oxygen atoms in total. The number of pyridine rings is 2. The van der Waals surface area contributed by atoms with Gasteiger partial charge in [-0.1, -0.05) is 29.0 Å². The lowest BCUT2D eigenvalue weighted by atomic mass is 9.89. The lowest BCUT2D eigenvalue weighted by molar-refractivity contribution is -0.117. The third-order valence-electron chi connectivity index (χ3n) is 5.50. The van der Waals surface area contributed by atoms with Crippen molar-refractivity contribution in [3.63, 3.8) is 0 Å². The molecule has 0 aliphatic heterocycles. The minimum atomic E-state index is 0.0820. The minimum Gasteiger partial charge on any atom is -0.299 e. The predicted octanol–water partition coefficient (Wildman–Crippen LogP) is 4.94. The third-order valence-corrected chi connectivity index (χ3v) is 6.66. The maximum absolute atomic E-state index is 13.0. The highest BCUT2D eigenvalue weighted by molar-refractivity contribution is 7.18. The van der Waals surface area contributed by atoms with Crippen LogP contribution in [0, 0.1) is 6.92 Å². The molecule has 0 radical (unpaired) electrons. The normalized spacial score (nSPS) is 14.0. The molecule has 0 saturated carbocycles. The number of rotatable bonds is 6. The summed E-state index contributed by atoms with van der Waals surface area (Å²) < 4.78 is 0. The second-order valence-electron chi connectivity index (χ2n) is 7.88. The van der Waals surface area contributed by atoms with Gasteiger partial charge in [-0.25, -0.2) is 15.0 Å². The first-order valence-corrected chi connectivity index (χ1v) is 11.7. The molecule has 162 valence electrons. The molecule has 5 rings (SSSR count). The van der Waals surface area contributed by atoms with Gasteiger partial charge in [-0.15, -0.1) is 4.80 Å². The Morgan fingerprint density at radius 3 is 2.75 bits per heavy atom. The predicted molar refractivity (Wildman–Crippen MR) is 125 cm³/mol. The smallest absolute Gasteiger partial charge is 0.193 e. The van der Waals surface area contributed by atoms with Crippen molar-refractivity contribution in [2.45, 2.75) is 45.4 Å². The van der Waals surface area contributed by atoms with Gasteiger partial charge >= 0.3 is 0 Å². The van der Waals surface area contributed by atoms with Crippen molar-refractivity contribution in [2.24, 2.45) is 0 Å². The molecule has 0 atom stereocenters. The number of allylic oxidation sites excluding steroid dienone is 2. The Hall–Kier alpha value is -2.97. The topological polar surface area (TPSA) is 86.5 Å². The quantitative estimate of drug-likeness (QED) is 0.401. The van der Waals surface area contributed by atoms with Gasteiger partial charge in [-0.2, -0.15) is 10.2 Å². The lowest BCUT2D eigenvalue weighted by Crippen LogP contribution is -2.11. The van der Waals surface area contributed by atoms with Crippen LogP contribution in [0.4, 0.5) is 0 Å². The van der Waals surface area contributed by atoms with Crippen molar-refractivity contribution in [1.82, 2.24) is 29.9 Å². The summed E-state index contributed by atoms with van der Waals surface area (Å²) in [6, 6.07) is 1.75. The van der Waals surface area contributed by atoms with E-state index in [9.17, 15) is 4.79 Å². The second-order valence-corrected chi connectivity index (χ2v) is 9.47. The fraction of sp³-hybridized carbons (Fsp3) is 0.304. The van der Waals surface area contributed by atoms with E-state index in [1.807, 2.05) is 13.1 Å². The molecule has 0 unspecified atom stereocenters. The van der Waals surface area contributed by atoms with E-state index in [1.165, 1.54) is 16.8 Å². The van der Waals surface area contributed by atoms with Crippen LogP contribution >= 0.6 is 22.9 Å². The van der Waals surface area contributed by atoms with Crippen LogP contribution < -0.4 is 0 Å². The lowest BCUT2D eigenvalue weighted by Gasteiger charge is -2.17. The van der Waals surface area contributed by atoms with Crippen molar-refractivity contribution >= 4 is 44.6 Å². The first-order valence-electron chi connectivity index (χ1n) is 10.6. The molecule has 1 aliphatic rings. The van der Waals surface area contributed by atoms with E-state index in [1.54, 1.807) is 36.0 Å². The molecule has 0 saturated heterocycles. The standard InChI is InChI=1S/C23H21ClN6OS/c1-14-29-21-20(16-5-3-2-4-6-16)17(13-26-23(21)32-14)11-18(31)9-15-10-19(24)22(25-12-15)30-27-7-8-28-30/h5,7-8,10,12-13H,2-4,6,9,11H2,1H3. The summed E-state index contributed by atoms with van der Waals surface area (Å²) in [6.45, 7) is 2.00. The van der Waals surface area contributed by atoms with Gasteiger partial charge in [0.1, 0.15) is 16.1 Å². The molecule has 9 heteroatoms. The van der Waals surface area contributed by atoms with Gasteiger partial charge in [0.2, 0.25) is 0 Å². The number of carbonyl (C=O) groups is 1. The Bertz CT molecular complexity index is 1330. The number of nitrogens with zero attached hydrogens (tertiary/aromatic N) is 6. The van der Waals surface area contributed by atoms with Crippen LogP contribution in [0.25, 0.3) is 21.7 Å². The van der Waals surface area contributed by atoms with E-state index >= 15 is 0 Å². The van der Waals surface area contributed by atoms with Crippen LogP contribution in [-0.4, -0.2) is 35.7 Å². The Labute approximate surface area is 194 Å².